The predicted molar refractivity (Wildman–Crippen MR) is 93.9 cm³/mol. The lowest BCUT2D eigenvalue weighted by Crippen LogP contribution is -2.47. The molecule has 2 aromatic rings. The first-order chi connectivity index (χ1) is 11.2. The van der Waals surface area contributed by atoms with E-state index in [1.54, 1.807) is 23.5 Å². The highest BCUT2D eigenvalue weighted by Gasteiger charge is 2.32. The van der Waals surface area contributed by atoms with Gasteiger partial charge in [-0.25, -0.2) is 4.79 Å². The number of thiazole rings is 1. The summed E-state index contributed by atoms with van der Waals surface area (Å²) in [6, 6.07) is 0. The van der Waals surface area contributed by atoms with E-state index >= 15 is 0 Å². The zero-order valence-electron chi connectivity index (χ0n) is 12.2. The molecule has 0 spiro atoms. The van der Waals surface area contributed by atoms with Gasteiger partial charge in [0.1, 0.15) is 15.1 Å². The second-order valence-corrected chi connectivity index (χ2v) is 8.72. The van der Waals surface area contributed by atoms with Crippen molar-refractivity contribution in [3.63, 3.8) is 0 Å². The predicted octanol–water partition coefficient (Wildman–Crippen LogP) is 1.59. The van der Waals surface area contributed by atoms with Crippen LogP contribution in [0, 0.1) is 0 Å². The molecule has 122 valence electrons. The van der Waals surface area contributed by atoms with Crippen LogP contribution in [0.2, 0.25) is 0 Å². The van der Waals surface area contributed by atoms with Gasteiger partial charge >= 0.3 is 5.97 Å². The van der Waals surface area contributed by atoms with Crippen molar-refractivity contribution in [3.8, 4) is 0 Å². The van der Waals surface area contributed by atoms with Gasteiger partial charge < -0.3 is 14.8 Å². The van der Waals surface area contributed by atoms with Crippen LogP contribution in [0.4, 0.5) is 0 Å². The van der Waals surface area contributed by atoms with Gasteiger partial charge in [0.2, 0.25) is 5.43 Å². The Hall–Kier alpha value is -1.00. The number of thioether (sulfide) groups is 2. The Kier molecular flexibility index (Phi) is 4.14. The number of pyridine rings is 1. The Labute approximate surface area is 144 Å². The smallest absolute Gasteiger partial charge is 0.342 e. The number of carboxylic acids is 1. The van der Waals surface area contributed by atoms with E-state index in [2.05, 4.69) is 10.2 Å². The molecule has 1 saturated heterocycles. The van der Waals surface area contributed by atoms with Crippen LogP contribution in [0.3, 0.4) is 0 Å². The summed E-state index contributed by atoms with van der Waals surface area (Å²) in [6.07, 6.45) is 1.86. The fourth-order valence-electron chi connectivity index (χ4n) is 2.91. The van der Waals surface area contributed by atoms with Crippen molar-refractivity contribution < 1.29 is 9.90 Å². The second-order valence-electron chi connectivity index (χ2n) is 5.39. The Balaban J connectivity index is 1.79. The Morgan fingerprint density at radius 3 is 2.87 bits per heavy atom. The van der Waals surface area contributed by atoms with Crippen LogP contribution < -0.4 is 10.7 Å². The van der Waals surface area contributed by atoms with Crippen LogP contribution in [0.1, 0.15) is 15.9 Å². The van der Waals surface area contributed by atoms with Gasteiger partial charge in [0.15, 0.2) is 0 Å². The van der Waals surface area contributed by atoms with Crippen LogP contribution in [0.15, 0.2) is 21.4 Å². The molecule has 0 aliphatic carbocycles. The highest BCUT2D eigenvalue weighted by Crippen LogP contribution is 2.42. The first-order valence-electron chi connectivity index (χ1n) is 7.28. The third kappa shape index (κ3) is 2.60. The average molecular weight is 369 g/mol. The molecule has 0 bridgehead atoms. The minimum Gasteiger partial charge on any atom is -0.477 e. The molecule has 0 saturated carbocycles. The third-order valence-electron chi connectivity index (χ3n) is 4.05. The van der Waals surface area contributed by atoms with Crippen LogP contribution >= 0.6 is 34.9 Å². The van der Waals surface area contributed by atoms with E-state index in [1.165, 1.54) is 11.3 Å². The lowest BCUT2D eigenvalue weighted by Gasteiger charge is -2.36. The highest BCUT2D eigenvalue weighted by atomic mass is 32.2. The van der Waals surface area contributed by atoms with Crippen molar-refractivity contribution in [2.24, 2.45) is 0 Å². The van der Waals surface area contributed by atoms with Crippen molar-refractivity contribution in [1.29, 1.82) is 0 Å². The Morgan fingerprint density at radius 2 is 2.13 bits per heavy atom. The maximum absolute atomic E-state index is 12.6. The number of hydrogen-bond donors (Lipinski definition) is 2. The van der Waals surface area contributed by atoms with E-state index in [0.717, 1.165) is 31.2 Å². The fraction of sp³-hybridized carbons (Fsp3) is 0.429. The van der Waals surface area contributed by atoms with Crippen LogP contribution in [0.25, 0.3) is 4.83 Å². The second kappa shape index (κ2) is 6.14. The number of hydrogen-bond acceptors (Lipinski definition) is 7. The van der Waals surface area contributed by atoms with Gasteiger partial charge in [-0.3, -0.25) is 9.69 Å². The minimum atomic E-state index is -1.14. The summed E-state index contributed by atoms with van der Waals surface area (Å²) in [5, 5.41) is 15.5. The summed E-state index contributed by atoms with van der Waals surface area (Å²) < 4.78 is 2.15. The molecule has 6 nitrogen and oxygen atoms in total. The largest absolute Gasteiger partial charge is 0.477 e. The standard InChI is InChI=1S/C14H15N3O3S3/c18-10-8-7-22-14(16-3-1-15-2-4-16)23-11(8)17-5-6-21-12(17)9(10)13(19)20/h5-6,14-15H,1-4,7H2,(H,19,20). The molecule has 0 radical (unpaired) electrons. The molecule has 1 unspecified atom stereocenters. The van der Waals surface area contributed by atoms with Gasteiger partial charge in [0, 0.05) is 49.1 Å². The lowest BCUT2D eigenvalue weighted by atomic mass is 10.2. The van der Waals surface area contributed by atoms with Crippen LogP contribution in [0.5, 0.6) is 0 Å². The number of nitrogens with one attached hydrogen (secondary N) is 1. The van der Waals surface area contributed by atoms with Crippen molar-refractivity contribution in [2.75, 3.05) is 26.2 Å². The number of piperazine rings is 1. The molecule has 2 aromatic heterocycles. The minimum absolute atomic E-state index is 0.0967. The molecule has 4 heterocycles. The topological polar surface area (TPSA) is 74.0 Å². The van der Waals surface area contributed by atoms with Crippen molar-refractivity contribution in [2.45, 2.75) is 15.5 Å². The molecule has 2 aliphatic heterocycles. The number of carbonyl (C=O) groups is 1. The molecule has 4 rings (SSSR count). The molecular weight excluding hydrogens is 354 g/mol. The van der Waals surface area contributed by atoms with Gasteiger partial charge in [-0.15, -0.1) is 23.1 Å². The number of aromatic carboxylic acids is 1. The van der Waals surface area contributed by atoms with Gasteiger partial charge in [0.05, 0.1) is 5.03 Å². The molecule has 2 N–H and O–H groups in total. The van der Waals surface area contributed by atoms with E-state index in [4.69, 9.17) is 0 Å². The van der Waals surface area contributed by atoms with E-state index in [9.17, 15) is 14.7 Å². The molecule has 9 heteroatoms. The first kappa shape index (κ1) is 15.5. The van der Waals surface area contributed by atoms with Gasteiger partial charge in [-0.2, -0.15) is 0 Å². The monoisotopic (exact) mass is 369 g/mol. The Morgan fingerprint density at radius 1 is 1.35 bits per heavy atom. The summed E-state index contributed by atoms with van der Waals surface area (Å²) in [5.74, 6) is -0.577. The number of rotatable bonds is 2. The zero-order chi connectivity index (χ0) is 16.0. The van der Waals surface area contributed by atoms with Gasteiger partial charge in [-0.1, -0.05) is 11.8 Å². The molecule has 0 amide bonds. The number of aromatic nitrogens is 1. The summed E-state index contributed by atoms with van der Waals surface area (Å²) in [6.45, 7) is 3.95. The third-order valence-corrected chi connectivity index (χ3v) is 7.83. The quantitative estimate of drug-likeness (QED) is 0.833. The SMILES string of the molecule is O=C(O)c1c(=O)c2c(n3ccsc13)SC(N1CCNCC1)SC2. The van der Waals surface area contributed by atoms with Crippen molar-refractivity contribution >= 4 is 45.7 Å². The van der Waals surface area contributed by atoms with Gasteiger partial charge in [0.25, 0.3) is 0 Å². The molecule has 0 aromatic carbocycles. The molecule has 1 atom stereocenters. The highest BCUT2D eigenvalue weighted by molar-refractivity contribution is 8.17. The maximum atomic E-state index is 12.6. The Bertz CT molecular complexity index is 826. The first-order valence-corrected chi connectivity index (χ1v) is 10.1. The number of nitrogens with zero attached hydrogens (tertiary/aromatic N) is 2. The summed E-state index contributed by atoms with van der Waals surface area (Å²) in [4.78, 5) is 27.1. The van der Waals surface area contributed by atoms with Crippen LogP contribution in [-0.2, 0) is 5.75 Å². The zero-order valence-corrected chi connectivity index (χ0v) is 14.6. The van der Waals surface area contributed by atoms with E-state index in [-0.39, 0.29) is 15.7 Å². The lowest BCUT2D eigenvalue weighted by molar-refractivity contribution is 0.0697. The summed E-state index contributed by atoms with van der Waals surface area (Å²) in [7, 11) is 0. The average Bonchev–Trinajstić information content (AvgIpc) is 3.04. The van der Waals surface area contributed by atoms with E-state index in [0.29, 0.717) is 16.1 Å². The maximum Gasteiger partial charge on any atom is 0.342 e. The van der Waals surface area contributed by atoms with Gasteiger partial charge in [-0.05, 0) is 0 Å². The molecule has 1 fully saturated rings. The van der Waals surface area contributed by atoms with E-state index in [1.807, 2.05) is 16.0 Å². The number of carboxylic acid groups (broad SMARTS) is 1. The fourth-order valence-corrected chi connectivity index (χ4v) is 6.81. The van der Waals surface area contributed by atoms with Crippen molar-refractivity contribution in [1.82, 2.24) is 14.6 Å². The van der Waals surface area contributed by atoms with E-state index < -0.39 is 5.97 Å². The number of fused-ring (bicyclic) bond motifs is 3. The summed E-state index contributed by atoms with van der Waals surface area (Å²) in [5.41, 5.74) is 0.203. The normalized spacial score (nSPS) is 22.2. The molecule has 2 aliphatic rings. The van der Waals surface area contributed by atoms with Crippen molar-refractivity contribution in [3.05, 3.63) is 32.9 Å². The molecule has 23 heavy (non-hydrogen) atoms. The summed E-state index contributed by atoms with van der Waals surface area (Å²) >= 11 is 4.69. The molecular formula is C14H15N3O3S3. The van der Waals surface area contributed by atoms with Crippen LogP contribution in [-0.4, -0.2) is 51.3 Å².